The van der Waals surface area contributed by atoms with Gasteiger partial charge in [-0.3, -0.25) is 9.10 Å². The Hall–Kier alpha value is -2.06. The second-order valence-electron chi connectivity index (χ2n) is 6.41. The normalized spacial score (nSPS) is 11.1. The zero-order valence-electron chi connectivity index (χ0n) is 16.0. The molecule has 0 heterocycles. The van der Waals surface area contributed by atoms with Crippen molar-refractivity contribution in [1.82, 2.24) is 5.32 Å². The van der Waals surface area contributed by atoms with Gasteiger partial charge in [0.15, 0.2) is 0 Å². The molecule has 0 spiro atoms. The molecule has 0 unspecified atom stereocenters. The van der Waals surface area contributed by atoms with E-state index in [-0.39, 0.29) is 18.9 Å². The highest BCUT2D eigenvalue weighted by molar-refractivity contribution is 9.10. The average molecular weight is 469 g/mol. The van der Waals surface area contributed by atoms with Crippen molar-refractivity contribution in [2.24, 2.45) is 0 Å². The van der Waals surface area contributed by atoms with Gasteiger partial charge in [-0.25, -0.2) is 8.42 Å². The molecule has 0 radical (unpaired) electrons. The Morgan fingerprint density at radius 1 is 1.18 bits per heavy atom. The van der Waals surface area contributed by atoms with E-state index in [2.05, 4.69) is 21.2 Å². The van der Waals surface area contributed by atoms with Crippen LogP contribution in [0.1, 0.15) is 18.4 Å². The van der Waals surface area contributed by atoms with Crippen LogP contribution < -0.4 is 14.4 Å². The number of sulfonamides is 1. The summed E-state index contributed by atoms with van der Waals surface area (Å²) in [6.07, 6.45) is 1.81. The van der Waals surface area contributed by atoms with Crippen molar-refractivity contribution in [3.63, 3.8) is 0 Å². The highest BCUT2D eigenvalue weighted by Gasteiger charge is 2.19. The SMILES string of the molecule is Cc1cccc(OCCNC(=O)CCCN(c2ccccc2Br)S(C)(=O)=O)c1. The average Bonchev–Trinajstić information content (AvgIpc) is 2.62. The first-order valence-corrected chi connectivity index (χ1v) is 11.6. The third-order valence-electron chi connectivity index (χ3n) is 3.97. The second-order valence-corrected chi connectivity index (χ2v) is 9.17. The molecule has 1 amide bonds. The number of nitrogens with zero attached hydrogens (tertiary/aromatic N) is 1. The number of amides is 1. The van der Waals surface area contributed by atoms with E-state index in [0.29, 0.717) is 29.7 Å². The van der Waals surface area contributed by atoms with Gasteiger partial charge < -0.3 is 10.1 Å². The van der Waals surface area contributed by atoms with E-state index in [9.17, 15) is 13.2 Å². The van der Waals surface area contributed by atoms with Crippen LogP contribution in [0.5, 0.6) is 5.75 Å². The van der Waals surface area contributed by atoms with Crippen LogP contribution in [-0.2, 0) is 14.8 Å². The Morgan fingerprint density at radius 2 is 1.93 bits per heavy atom. The van der Waals surface area contributed by atoms with Gasteiger partial charge in [0.1, 0.15) is 12.4 Å². The van der Waals surface area contributed by atoms with Crippen LogP contribution in [0, 0.1) is 6.92 Å². The number of halogens is 1. The summed E-state index contributed by atoms with van der Waals surface area (Å²) < 4.78 is 31.8. The summed E-state index contributed by atoms with van der Waals surface area (Å²) in [6, 6.07) is 14.8. The topological polar surface area (TPSA) is 75.7 Å². The molecule has 0 atom stereocenters. The Bertz CT molecular complexity index is 903. The van der Waals surface area contributed by atoms with E-state index >= 15 is 0 Å². The van der Waals surface area contributed by atoms with Crippen molar-refractivity contribution < 1.29 is 17.9 Å². The maximum atomic E-state index is 12.1. The van der Waals surface area contributed by atoms with Crippen LogP contribution in [0.15, 0.2) is 53.0 Å². The Labute approximate surface area is 175 Å². The first-order chi connectivity index (χ1) is 13.3. The Balaban J connectivity index is 1.76. The van der Waals surface area contributed by atoms with Crippen LogP contribution in [-0.4, -0.2) is 40.3 Å². The molecule has 152 valence electrons. The van der Waals surface area contributed by atoms with Gasteiger partial charge in [0.05, 0.1) is 18.5 Å². The minimum atomic E-state index is -3.44. The summed E-state index contributed by atoms with van der Waals surface area (Å²) >= 11 is 3.38. The molecule has 28 heavy (non-hydrogen) atoms. The first-order valence-electron chi connectivity index (χ1n) is 8.96. The number of carbonyl (C=O) groups is 1. The van der Waals surface area contributed by atoms with Gasteiger partial charge in [0.2, 0.25) is 15.9 Å². The number of benzene rings is 2. The molecule has 2 rings (SSSR count). The minimum absolute atomic E-state index is 0.131. The summed E-state index contributed by atoms with van der Waals surface area (Å²) in [7, 11) is -3.44. The third kappa shape index (κ3) is 7.16. The predicted molar refractivity (Wildman–Crippen MR) is 115 cm³/mol. The molecule has 0 aliphatic heterocycles. The molecule has 8 heteroatoms. The van der Waals surface area contributed by atoms with Crippen molar-refractivity contribution in [2.75, 3.05) is 30.3 Å². The van der Waals surface area contributed by atoms with Crippen LogP contribution in [0.3, 0.4) is 0 Å². The Morgan fingerprint density at radius 3 is 2.61 bits per heavy atom. The lowest BCUT2D eigenvalue weighted by atomic mass is 10.2. The molecule has 2 aromatic carbocycles. The minimum Gasteiger partial charge on any atom is -0.492 e. The lowest BCUT2D eigenvalue weighted by Gasteiger charge is -2.23. The van der Waals surface area contributed by atoms with Gasteiger partial charge in [-0.2, -0.15) is 0 Å². The molecule has 6 nitrogen and oxygen atoms in total. The van der Waals surface area contributed by atoms with E-state index in [1.165, 1.54) is 4.31 Å². The van der Waals surface area contributed by atoms with Crippen LogP contribution in [0.4, 0.5) is 5.69 Å². The molecule has 0 bridgehead atoms. The number of hydrogen-bond acceptors (Lipinski definition) is 4. The molecular weight excluding hydrogens is 444 g/mol. The number of aryl methyl sites for hydroxylation is 1. The van der Waals surface area contributed by atoms with Crippen LogP contribution in [0.2, 0.25) is 0 Å². The monoisotopic (exact) mass is 468 g/mol. The van der Waals surface area contributed by atoms with E-state index in [1.807, 2.05) is 37.3 Å². The zero-order chi connectivity index (χ0) is 20.6. The Kier molecular flexibility index (Phi) is 8.32. The summed E-state index contributed by atoms with van der Waals surface area (Å²) in [4.78, 5) is 12.0. The summed E-state index contributed by atoms with van der Waals surface area (Å²) in [5, 5.41) is 2.79. The molecule has 0 aromatic heterocycles. The number of rotatable bonds is 10. The fourth-order valence-electron chi connectivity index (χ4n) is 2.65. The van der Waals surface area contributed by atoms with E-state index in [1.54, 1.807) is 18.2 Å². The number of hydrogen-bond donors (Lipinski definition) is 1. The number of anilines is 1. The molecule has 2 aromatic rings. The number of carbonyl (C=O) groups excluding carboxylic acids is 1. The maximum absolute atomic E-state index is 12.1. The number of ether oxygens (including phenoxy) is 1. The van der Waals surface area contributed by atoms with E-state index in [4.69, 9.17) is 4.74 Å². The quantitative estimate of drug-likeness (QED) is 0.541. The van der Waals surface area contributed by atoms with Crippen LogP contribution in [0.25, 0.3) is 0 Å². The zero-order valence-corrected chi connectivity index (χ0v) is 18.4. The van der Waals surface area contributed by atoms with Gasteiger partial charge in [-0.15, -0.1) is 0 Å². The van der Waals surface area contributed by atoms with Gasteiger partial charge in [-0.1, -0.05) is 24.3 Å². The van der Waals surface area contributed by atoms with Crippen molar-refractivity contribution in [2.45, 2.75) is 19.8 Å². The smallest absolute Gasteiger partial charge is 0.232 e. The fraction of sp³-hybridized carbons (Fsp3) is 0.350. The van der Waals surface area contributed by atoms with Crippen molar-refractivity contribution in [1.29, 1.82) is 0 Å². The van der Waals surface area contributed by atoms with Crippen molar-refractivity contribution >= 4 is 37.5 Å². The summed E-state index contributed by atoms with van der Waals surface area (Å²) in [6.45, 7) is 2.99. The van der Waals surface area contributed by atoms with Crippen molar-refractivity contribution in [3.8, 4) is 5.75 Å². The molecular formula is C20H25BrN2O4S. The van der Waals surface area contributed by atoms with E-state index in [0.717, 1.165) is 17.6 Å². The van der Waals surface area contributed by atoms with Gasteiger partial charge in [0.25, 0.3) is 0 Å². The highest BCUT2D eigenvalue weighted by atomic mass is 79.9. The molecule has 0 aliphatic rings. The van der Waals surface area contributed by atoms with Crippen LogP contribution >= 0.6 is 15.9 Å². The molecule has 0 aliphatic carbocycles. The number of nitrogens with one attached hydrogen (secondary N) is 1. The third-order valence-corrected chi connectivity index (χ3v) is 5.82. The second kappa shape index (κ2) is 10.5. The molecule has 0 fully saturated rings. The maximum Gasteiger partial charge on any atom is 0.232 e. The summed E-state index contributed by atoms with van der Waals surface area (Å²) in [5.74, 6) is 0.639. The first kappa shape index (κ1) is 22.2. The van der Waals surface area contributed by atoms with Gasteiger partial charge in [0, 0.05) is 17.4 Å². The lowest BCUT2D eigenvalue weighted by Crippen LogP contribution is -2.33. The van der Waals surface area contributed by atoms with Gasteiger partial charge >= 0.3 is 0 Å². The highest BCUT2D eigenvalue weighted by Crippen LogP contribution is 2.27. The standard InChI is InChI=1S/C20H25BrN2O4S/c1-16-7-5-8-17(15-16)27-14-12-22-20(24)11-6-13-23(28(2,25)26)19-10-4-3-9-18(19)21/h3-5,7-10,15H,6,11-14H2,1-2H3,(H,22,24). The summed E-state index contributed by atoms with van der Waals surface area (Å²) in [5.41, 5.74) is 1.68. The largest absolute Gasteiger partial charge is 0.492 e. The molecule has 0 saturated heterocycles. The van der Waals surface area contributed by atoms with Crippen molar-refractivity contribution in [3.05, 3.63) is 58.6 Å². The van der Waals surface area contributed by atoms with E-state index < -0.39 is 10.0 Å². The molecule has 0 saturated carbocycles. The predicted octanol–water partition coefficient (Wildman–Crippen LogP) is 3.50. The number of para-hydroxylation sites is 1. The lowest BCUT2D eigenvalue weighted by molar-refractivity contribution is -0.121. The van der Waals surface area contributed by atoms with Gasteiger partial charge in [-0.05, 0) is 59.1 Å². The molecule has 1 N–H and O–H groups in total. The fourth-order valence-corrected chi connectivity index (χ4v) is 4.25.